The average Bonchev–Trinajstić information content (AvgIpc) is 3.39. The monoisotopic (exact) mass is 682 g/mol. The number of hydrogen-bond donors (Lipinski definition) is 3. The number of aliphatic hydroxyl groups is 2. The zero-order valence-electron chi connectivity index (χ0n) is 25.2. The van der Waals surface area contributed by atoms with Gasteiger partial charge in [-0.05, 0) is 84.3 Å². The molecule has 46 heavy (non-hydrogen) atoms. The molecule has 0 saturated carbocycles. The van der Waals surface area contributed by atoms with Gasteiger partial charge >= 0.3 is 0 Å². The molecule has 0 bridgehead atoms. The molecule has 1 aromatic heterocycles. The number of rotatable bonds is 14. The highest BCUT2D eigenvalue weighted by Crippen LogP contribution is 2.31. The number of aromatic nitrogens is 2. The maximum absolute atomic E-state index is 14.0. The predicted octanol–water partition coefficient (Wildman–Crippen LogP) is 7.45. The fourth-order valence-electron chi connectivity index (χ4n) is 5.48. The van der Waals surface area contributed by atoms with E-state index in [2.05, 4.69) is 9.88 Å². The highest BCUT2D eigenvalue weighted by Gasteiger charge is 2.19. The number of hydrogen-bond acceptors (Lipinski definition) is 6. The molecule has 1 atom stereocenters. The fourth-order valence-corrected chi connectivity index (χ4v) is 6.01. The molecule has 0 spiro atoms. The van der Waals surface area contributed by atoms with Crippen LogP contribution in [0, 0.1) is 5.82 Å². The van der Waals surface area contributed by atoms with Gasteiger partial charge in [0.25, 0.3) is 0 Å². The minimum atomic E-state index is -0.485. The number of benzene rings is 4. The number of carbonyl (C=O) groups excluding carboxylic acids is 1. The van der Waals surface area contributed by atoms with Gasteiger partial charge in [-0.25, -0.2) is 9.37 Å². The summed E-state index contributed by atoms with van der Waals surface area (Å²) in [5, 5.41) is 23.4. The number of imidazole rings is 1. The first-order valence-electron chi connectivity index (χ1n) is 14.8. The lowest BCUT2D eigenvalue weighted by atomic mass is 10.0. The Morgan fingerprint density at radius 2 is 1.59 bits per heavy atom. The molecule has 0 aliphatic carbocycles. The van der Waals surface area contributed by atoms with Crippen molar-refractivity contribution in [2.75, 3.05) is 31.2 Å². The Labute approximate surface area is 282 Å². The van der Waals surface area contributed by atoms with Crippen LogP contribution in [0.15, 0.2) is 78.9 Å². The number of Topliss-reactive ketones (excluding diaryl/α,β-unsaturated/α-hetero) is 1. The Hall–Kier alpha value is -3.50. The molecule has 0 saturated heterocycles. The topological polar surface area (TPSA) is 90.6 Å². The summed E-state index contributed by atoms with van der Waals surface area (Å²) in [4.78, 5) is 19.2. The predicted molar refractivity (Wildman–Crippen MR) is 183 cm³/mol. The van der Waals surface area contributed by atoms with Gasteiger partial charge in [0.1, 0.15) is 17.4 Å². The molecule has 0 aliphatic heterocycles. The lowest BCUT2D eigenvalue weighted by Crippen LogP contribution is -2.29. The van der Waals surface area contributed by atoms with Gasteiger partial charge in [-0.1, -0.05) is 53.0 Å². The van der Waals surface area contributed by atoms with Gasteiger partial charge in [-0.2, -0.15) is 0 Å². The molecule has 240 valence electrons. The van der Waals surface area contributed by atoms with Crippen LogP contribution in [-0.4, -0.2) is 51.9 Å². The van der Waals surface area contributed by atoms with Crippen molar-refractivity contribution in [3.05, 3.63) is 116 Å². The second-order valence-electron chi connectivity index (χ2n) is 11.1. The van der Waals surface area contributed by atoms with E-state index < -0.39 is 5.82 Å². The summed E-state index contributed by atoms with van der Waals surface area (Å²) < 4.78 is 16.0. The molecular formula is C35H34Cl3FN4O3. The zero-order chi connectivity index (χ0) is 32.8. The molecule has 5 aromatic rings. The number of nitrogens with zero attached hydrogens (tertiary/aromatic N) is 3. The summed E-state index contributed by atoms with van der Waals surface area (Å²) in [5.41, 5.74) is 5.95. The second-order valence-corrected chi connectivity index (χ2v) is 12.3. The molecule has 0 amide bonds. The second kappa shape index (κ2) is 15.4. The third-order valence-corrected chi connectivity index (χ3v) is 8.79. The summed E-state index contributed by atoms with van der Waals surface area (Å²) in [6.07, 6.45) is 0.286. The van der Waals surface area contributed by atoms with Gasteiger partial charge in [-0.15, -0.1) is 0 Å². The molecular weight excluding hydrogens is 650 g/mol. The summed E-state index contributed by atoms with van der Waals surface area (Å²) in [7, 11) is 0. The number of carbonyl (C=O) groups is 1. The summed E-state index contributed by atoms with van der Waals surface area (Å²) in [6.45, 7) is 3.16. The maximum atomic E-state index is 14.0. The lowest BCUT2D eigenvalue weighted by Gasteiger charge is -2.23. The first kappa shape index (κ1) is 33.9. The van der Waals surface area contributed by atoms with Gasteiger partial charge in [0, 0.05) is 49.9 Å². The van der Waals surface area contributed by atoms with E-state index in [4.69, 9.17) is 39.8 Å². The van der Waals surface area contributed by atoms with Gasteiger partial charge in [0.15, 0.2) is 0 Å². The van der Waals surface area contributed by atoms with Crippen LogP contribution in [0.1, 0.15) is 36.1 Å². The maximum Gasteiger partial charge on any atom is 0.141 e. The molecule has 4 aromatic carbocycles. The third kappa shape index (κ3) is 8.07. The molecule has 0 fully saturated rings. The third-order valence-electron chi connectivity index (χ3n) is 7.76. The van der Waals surface area contributed by atoms with Crippen molar-refractivity contribution in [2.45, 2.75) is 32.5 Å². The first-order chi connectivity index (χ1) is 22.2. The van der Waals surface area contributed by atoms with Gasteiger partial charge in [0.05, 0.1) is 39.3 Å². The Balaban J connectivity index is 1.53. The molecule has 5 rings (SSSR count). The quantitative estimate of drug-likeness (QED) is 0.113. The number of halogens is 4. The molecule has 1 heterocycles. The Morgan fingerprint density at radius 1 is 0.891 bits per heavy atom. The van der Waals surface area contributed by atoms with E-state index in [1.54, 1.807) is 31.2 Å². The van der Waals surface area contributed by atoms with Crippen molar-refractivity contribution in [1.29, 1.82) is 0 Å². The summed E-state index contributed by atoms with van der Waals surface area (Å²) in [5.74, 6) is 0.256. The largest absolute Gasteiger partial charge is 0.395 e. The molecule has 11 heteroatoms. The van der Waals surface area contributed by atoms with E-state index >= 15 is 0 Å². The Kier molecular flexibility index (Phi) is 11.3. The Morgan fingerprint density at radius 3 is 2.24 bits per heavy atom. The van der Waals surface area contributed by atoms with Crippen molar-refractivity contribution in [2.24, 2.45) is 0 Å². The number of aliphatic hydroxyl groups excluding tert-OH is 2. The van der Waals surface area contributed by atoms with Crippen molar-refractivity contribution >= 4 is 57.3 Å². The molecule has 0 aliphatic rings. The van der Waals surface area contributed by atoms with Crippen molar-refractivity contribution in [3.63, 3.8) is 0 Å². The van der Waals surface area contributed by atoms with Crippen LogP contribution in [0.4, 0.5) is 10.1 Å². The zero-order valence-corrected chi connectivity index (χ0v) is 27.5. The van der Waals surface area contributed by atoms with Gasteiger partial charge < -0.3 is 25.0 Å². The van der Waals surface area contributed by atoms with Crippen LogP contribution in [0.2, 0.25) is 15.1 Å². The normalized spacial score (nSPS) is 12.1. The number of anilines is 1. The van der Waals surface area contributed by atoms with Crippen LogP contribution < -0.4 is 10.2 Å². The Bertz CT molecular complexity index is 1820. The number of ketones is 1. The lowest BCUT2D eigenvalue weighted by molar-refractivity contribution is -0.117. The smallest absolute Gasteiger partial charge is 0.141 e. The summed E-state index contributed by atoms with van der Waals surface area (Å²) >= 11 is 18.4. The minimum absolute atomic E-state index is 0.0347. The first-order valence-corrected chi connectivity index (χ1v) is 16.0. The van der Waals surface area contributed by atoms with E-state index in [0.29, 0.717) is 42.0 Å². The van der Waals surface area contributed by atoms with Crippen molar-refractivity contribution in [1.82, 2.24) is 14.9 Å². The average molecular weight is 684 g/mol. The van der Waals surface area contributed by atoms with Gasteiger partial charge in [-0.3, -0.25) is 4.79 Å². The summed E-state index contributed by atoms with van der Waals surface area (Å²) in [6, 6.07) is 23.6. The van der Waals surface area contributed by atoms with E-state index in [-0.39, 0.29) is 36.5 Å². The van der Waals surface area contributed by atoms with Crippen LogP contribution in [0.3, 0.4) is 0 Å². The molecule has 0 radical (unpaired) electrons. The van der Waals surface area contributed by atoms with Crippen molar-refractivity contribution < 1.29 is 19.4 Å². The molecule has 1 unspecified atom stereocenters. The molecule has 3 N–H and O–H groups in total. The SMILES string of the molecule is CC(=O)CC(NCc1ccc(Cl)c(Cl)c1)c1ccc2c(c1)nc(-c1ccc(N(CCO)CCO)cc1)n2Cc1ccc(F)c(Cl)c1. The standard InChI is InChI=1S/C35H34Cl3FN4O3/c1-22(46)16-32(40-20-23-2-9-28(36)29(37)17-23)26-6-11-34-33(19-26)41-35(43(34)21-24-3-10-31(39)30(38)18-24)25-4-7-27(8-5-25)42(12-14-44)13-15-45/h2-11,17-19,32,40,44-45H,12-16,20-21H2,1H3. The van der Waals surface area contributed by atoms with Crippen LogP contribution in [0.25, 0.3) is 22.4 Å². The van der Waals surface area contributed by atoms with Crippen LogP contribution >= 0.6 is 34.8 Å². The van der Waals surface area contributed by atoms with Crippen LogP contribution in [0.5, 0.6) is 0 Å². The van der Waals surface area contributed by atoms with E-state index in [1.165, 1.54) is 6.07 Å². The van der Waals surface area contributed by atoms with E-state index in [1.807, 2.05) is 53.4 Å². The number of nitrogens with one attached hydrogen (secondary N) is 1. The van der Waals surface area contributed by atoms with E-state index in [9.17, 15) is 19.4 Å². The molecule has 7 nitrogen and oxygen atoms in total. The fraction of sp³-hybridized carbons (Fsp3) is 0.257. The highest BCUT2D eigenvalue weighted by atomic mass is 35.5. The number of fused-ring (bicyclic) bond motifs is 1. The van der Waals surface area contributed by atoms with Gasteiger partial charge in [0.2, 0.25) is 0 Å². The van der Waals surface area contributed by atoms with Crippen molar-refractivity contribution in [3.8, 4) is 11.4 Å². The highest BCUT2D eigenvalue weighted by molar-refractivity contribution is 6.42. The van der Waals surface area contributed by atoms with Crippen LogP contribution in [-0.2, 0) is 17.9 Å². The minimum Gasteiger partial charge on any atom is -0.395 e. The van der Waals surface area contributed by atoms with E-state index in [0.717, 1.165) is 39.0 Å².